The van der Waals surface area contributed by atoms with Crippen molar-refractivity contribution >= 4 is 42.2 Å². The molecule has 0 saturated heterocycles. The first-order valence-corrected chi connectivity index (χ1v) is 10.0. The van der Waals surface area contributed by atoms with Gasteiger partial charge in [0.15, 0.2) is 0 Å². The lowest BCUT2D eigenvalue weighted by molar-refractivity contribution is -0.143. The minimum atomic E-state index is -1.54. The van der Waals surface area contributed by atoms with Crippen LogP contribution in [0.1, 0.15) is 33.1 Å². The van der Waals surface area contributed by atoms with Crippen LogP contribution >= 0.6 is 12.6 Å². The van der Waals surface area contributed by atoms with Crippen LogP contribution in [-0.4, -0.2) is 76.3 Å². The quantitative estimate of drug-likeness (QED) is 0.128. The van der Waals surface area contributed by atoms with Gasteiger partial charge in [-0.2, -0.15) is 12.6 Å². The van der Waals surface area contributed by atoms with Gasteiger partial charge in [0.1, 0.15) is 18.1 Å². The molecule has 13 heteroatoms. The van der Waals surface area contributed by atoms with Gasteiger partial charge in [0.2, 0.25) is 23.6 Å². The van der Waals surface area contributed by atoms with Crippen LogP contribution in [0.5, 0.6) is 0 Å². The predicted molar refractivity (Wildman–Crippen MR) is 110 cm³/mol. The van der Waals surface area contributed by atoms with Gasteiger partial charge < -0.3 is 37.6 Å². The molecule has 0 aromatic carbocycles. The van der Waals surface area contributed by atoms with Gasteiger partial charge in [-0.25, -0.2) is 4.79 Å². The topological polar surface area (TPSA) is 214 Å². The van der Waals surface area contributed by atoms with Gasteiger partial charge >= 0.3 is 5.97 Å². The number of aliphatic carboxylic acids is 1. The summed E-state index contributed by atoms with van der Waals surface area (Å²) in [7, 11) is 0. The Morgan fingerprint density at radius 1 is 1.00 bits per heavy atom. The van der Waals surface area contributed by atoms with Gasteiger partial charge in [-0.1, -0.05) is 20.3 Å². The molecule has 0 aliphatic heterocycles. The van der Waals surface area contributed by atoms with Crippen LogP contribution in [0.3, 0.4) is 0 Å². The second-order valence-electron chi connectivity index (χ2n) is 6.81. The number of hydrogen-bond acceptors (Lipinski definition) is 8. The molecule has 12 nitrogen and oxygen atoms in total. The molecule has 0 aromatic heterocycles. The van der Waals surface area contributed by atoms with Crippen molar-refractivity contribution in [1.29, 1.82) is 0 Å². The third-order valence-electron chi connectivity index (χ3n) is 4.44. The monoisotopic (exact) mass is 449 g/mol. The number of primary amides is 1. The summed E-state index contributed by atoms with van der Waals surface area (Å²) in [6, 6.07) is -4.83. The summed E-state index contributed by atoms with van der Waals surface area (Å²) in [5.74, 6) is -4.74. The molecule has 172 valence electrons. The standard InChI is InChI=1S/C17H31N5O7S/c1-3-8(2)13(22-14(25)9(18)4-5-12(19)24)16(27)21-11(7-30)15(26)20-10(6-23)17(28)29/h8-11,13,23,30H,3-7,18H2,1-2H3,(H2,19,24)(H,20,26)(H,21,27)(H,22,25)(H,28,29). The zero-order valence-electron chi connectivity index (χ0n) is 17.0. The minimum Gasteiger partial charge on any atom is -0.480 e. The van der Waals surface area contributed by atoms with E-state index in [9.17, 15) is 24.0 Å². The fraction of sp³-hybridized carbons (Fsp3) is 0.706. The third-order valence-corrected chi connectivity index (χ3v) is 4.81. The number of carboxylic acid groups (broad SMARTS) is 1. The molecule has 0 aliphatic rings. The van der Waals surface area contributed by atoms with E-state index in [0.717, 1.165) is 0 Å². The number of nitrogens with one attached hydrogen (secondary N) is 3. The van der Waals surface area contributed by atoms with Gasteiger partial charge in [0, 0.05) is 12.2 Å². The summed E-state index contributed by atoms with van der Waals surface area (Å²) in [6.45, 7) is 2.68. The molecule has 9 N–H and O–H groups in total. The smallest absolute Gasteiger partial charge is 0.328 e. The van der Waals surface area contributed by atoms with E-state index in [1.54, 1.807) is 13.8 Å². The largest absolute Gasteiger partial charge is 0.480 e. The number of amides is 4. The van der Waals surface area contributed by atoms with Crippen LogP contribution in [0.15, 0.2) is 0 Å². The normalized spacial score (nSPS) is 15.8. The van der Waals surface area contributed by atoms with Crippen molar-refractivity contribution in [2.45, 2.75) is 57.3 Å². The first-order chi connectivity index (χ1) is 14.0. The summed E-state index contributed by atoms with van der Waals surface area (Å²) < 4.78 is 0. The second kappa shape index (κ2) is 13.8. The number of nitrogens with two attached hydrogens (primary N) is 2. The van der Waals surface area contributed by atoms with Crippen molar-refractivity contribution in [3.8, 4) is 0 Å². The van der Waals surface area contributed by atoms with Gasteiger partial charge in [-0.15, -0.1) is 0 Å². The number of aliphatic hydroxyl groups is 1. The molecule has 0 aliphatic carbocycles. The summed E-state index contributed by atoms with van der Waals surface area (Å²) in [5, 5.41) is 24.9. The van der Waals surface area contributed by atoms with Gasteiger partial charge in [0.05, 0.1) is 12.6 Å². The Hall–Kier alpha value is -2.38. The lowest BCUT2D eigenvalue weighted by Gasteiger charge is -2.27. The van der Waals surface area contributed by atoms with Crippen LogP contribution in [0, 0.1) is 5.92 Å². The molecule has 5 unspecified atom stereocenters. The molecule has 5 atom stereocenters. The zero-order chi connectivity index (χ0) is 23.4. The fourth-order valence-electron chi connectivity index (χ4n) is 2.30. The Bertz CT molecular complexity index is 634. The van der Waals surface area contributed by atoms with E-state index < -0.39 is 60.4 Å². The molecule has 0 saturated carbocycles. The lowest BCUT2D eigenvalue weighted by atomic mass is 9.97. The molecule has 30 heavy (non-hydrogen) atoms. The molecular weight excluding hydrogens is 418 g/mol. The summed E-state index contributed by atoms with van der Waals surface area (Å²) in [4.78, 5) is 59.0. The number of hydrogen-bond donors (Lipinski definition) is 8. The van der Waals surface area contributed by atoms with Crippen LogP contribution in [0.2, 0.25) is 0 Å². The van der Waals surface area contributed by atoms with Gasteiger partial charge in [-0.3, -0.25) is 19.2 Å². The van der Waals surface area contributed by atoms with E-state index >= 15 is 0 Å². The molecule has 0 rings (SSSR count). The number of aliphatic hydroxyl groups excluding tert-OH is 1. The molecule has 0 fully saturated rings. The van der Waals surface area contributed by atoms with Crippen LogP contribution in [0.4, 0.5) is 0 Å². The lowest BCUT2D eigenvalue weighted by Crippen LogP contribution is -2.59. The molecule has 0 radical (unpaired) electrons. The van der Waals surface area contributed by atoms with Crippen molar-refractivity contribution in [3.05, 3.63) is 0 Å². The predicted octanol–water partition coefficient (Wildman–Crippen LogP) is -2.91. The van der Waals surface area contributed by atoms with E-state index in [1.165, 1.54) is 0 Å². The highest BCUT2D eigenvalue weighted by molar-refractivity contribution is 7.80. The first-order valence-electron chi connectivity index (χ1n) is 9.37. The molecule has 4 amide bonds. The van der Waals surface area contributed by atoms with E-state index in [4.69, 9.17) is 21.7 Å². The van der Waals surface area contributed by atoms with E-state index in [-0.39, 0.29) is 24.5 Å². The number of rotatable bonds is 14. The van der Waals surface area contributed by atoms with Gasteiger partial charge in [0.25, 0.3) is 0 Å². The van der Waals surface area contributed by atoms with Crippen molar-refractivity contribution in [3.63, 3.8) is 0 Å². The summed E-state index contributed by atoms with van der Waals surface area (Å²) in [5.41, 5.74) is 10.8. The van der Waals surface area contributed by atoms with Crippen molar-refractivity contribution in [2.75, 3.05) is 12.4 Å². The Kier molecular flexibility index (Phi) is 12.7. The molecule has 0 spiro atoms. The van der Waals surface area contributed by atoms with E-state index in [2.05, 4.69) is 28.6 Å². The van der Waals surface area contributed by atoms with Crippen molar-refractivity contribution in [2.24, 2.45) is 17.4 Å². The number of carbonyl (C=O) groups is 5. The maximum Gasteiger partial charge on any atom is 0.328 e. The highest BCUT2D eigenvalue weighted by Crippen LogP contribution is 2.09. The molecular formula is C17H31N5O7S. The second-order valence-corrected chi connectivity index (χ2v) is 7.17. The third kappa shape index (κ3) is 9.41. The first kappa shape index (κ1) is 27.6. The average Bonchev–Trinajstić information content (AvgIpc) is 2.70. The minimum absolute atomic E-state index is 0.00934. The van der Waals surface area contributed by atoms with Crippen LogP contribution in [0.25, 0.3) is 0 Å². The van der Waals surface area contributed by atoms with Crippen molar-refractivity contribution < 1.29 is 34.2 Å². The summed E-state index contributed by atoms with van der Waals surface area (Å²) in [6.07, 6.45) is 0.430. The average molecular weight is 450 g/mol. The summed E-state index contributed by atoms with van der Waals surface area (Å²) >= 11 is 3.99. The fourth-order valence-corrected chi connectivity index (χ4v) is 2.56. The Labute approximate surface area is 179 Å². The Morgan fingerprint density at radius 3 is 2.00 bits per heavy atom. The SMILES string of the molecule is CCC(C)C(NC(=O)C(N)CCC(N)=O)C(=O)NC(CS)C(=O)NC(CO)C(=O)O. The van der Waals surface area contributed by atoms with Crippen LogP contribution in [-0.2, 0) is 24.0 Å². The zero-order valence-corrected chi connectivity index (χ0v) is 17.9. The van der Waals surface area contributed by atoms with E-state index in [1.807, 2.05) is 0 Å². The maximum atomic E-state index is 12.7. The molecule has 0 heterocycles. The van der Waals surface area contributed by atoms with E-state index in [0.29, 0.717) is 6.42 Å². The number of carboxylic acids is 1. The van der Waals surface area contributed by atoms with Crippen LogP contribution < -0.4 is 27.4 Å². The number of carbonyl (C=O) groups excluding carboxylic acids is 4. The van der Waals surface area contributed by atoms with Gasteiger partial charge in [-0.05, 0) is 12.3 Å². The molecule has 0 aromatic rings. The number of thiol groups is 1. The highest BCUT2D eigenvalue weighted by Gasteiger charge is 2.31. The highest BCUT2D eigenvalue weighted by atomic mass is 32.1. The Morgan fingerprint density at radius 2 is 1.57 bits per heavy atom. The maximum absolute atomic E-state index is 12.7. The molecule has 0 bridgehead atoms. The Balaban J connectivity index is 5.19. The van der Waals surface area contributed by atoms with Crippen molar-refractivity contribution in [1.82, 2.24) is 16.0 Å².